The smallest absolute Gasteiger partial charge is 0.339 e. The lowest BCUT2D eigenvalue weighted by Crippen LogP contribution is -2.14. The quantitative estimate of drug-likeness (QED) is 0.361. The molecule has 0 aliphatic rings. The van der Waals surface area contributed by atoms with Crippen LogP contribution in [0.1, 0.15) is 35.3 Å². The number of hydrogen-bond acceptors (Lipinski definition) is 3. The summed E-state index contributed by atoms with van der Waals surface area (Å²) in [6.07, 6.45) is 1.79. The van der Waals surface area contributed by atoms with Gasteiger partial charge in [0.2, 0.25) is 0 Å². The van der Waals surface area contributed by atoms with Gasteiger partial charge in [0.25, 0.3) is 0 Å². The van der Waals surface area contributed by atoms with E-state index in [1.165, 1.54) is 0 Å². The second kappa shape index (κ2) is 8.11. The zero-order valence-electron chi connectivity index (χ0n) is 13.4. The van der Waals surface area contributed by atoms with Gasteiger partial charge in [0, 0.05) is 13.6 Å². The summed E-state index contributed by atoms with van der Waals surface area (Å²) in [5.74, 6) is 5.06. The fourth-order valence-corrected chi connectivity index (χ4v) is 1.66. The molecule has 0 heterocycles. The Morgan fingerprint density at radius 2 is 2.10 bits per heavy atom. The van der Waals surface area contributed by atoms with Crippen molar-refractivity contribution < 1.29 is 9.53 Å². The molecule has 21 heavy (non-hydrogen) atoms. The first kappa shape index (κ1) is 16.8. The highest BCUT2D eigenvalue weighted by atomic mass is 16.5. The van der Waals surface area contributed by atoms with E-state index in [-0.39, 0.29) is 12.6 Å². The van der Waals surface area contributed by atoms with Gasteiger partial charge in [-0.15, -0.1) is 5.92 Å². The van der Waals surface area contributed by atoms with Crippen LogP contribution >= 0.6 is 0 Å². The van der Waals surface area contributed by atoms with Crippen molar-refractivity contribution >= 4 is 18.0 Å². The summed E-state index contributed by atoms with van der Waals surface area (Å²) in [7, 11) is 1.96. The van der Waals surface area contributed by atoms with E-state index in [1.807, 2.05) is 31.9 Å². The van der Waals surface area contributed by atoms with Gasteiger partial charge >= 0.3 is 5.97 Å². The topological polar surface area (TPSA) is 41.9 Å². The largest absolute Gasteiger partial charge is 0.449 e. The standard InChI is InChI=1S/C17H22N2O2/c1-6-8-11-21-17(20)15-9-10-16(14(4)13(15)3)18-12-19(5)7-2/h9-10,12H,7,11H2,1-5H3. The van der Waals surface area contributed by atoms with Crippen molar-refractivity contribution in [2.75, 3.05) is 20.2 Å². The summed E-state index contributed by atoms with van der Waals surface area (Å²) in [4.78, 5) is 18.4. The monoisotopic (exact) mass is 286 g/mol. The van der Waals surface area contributed by atoms with Crippen LogP contribution in [0.25, 0.3) is 0 Å². The van der Waals surface area contributed by atoms with Crippen molar-refractivity contribution in [2.45, 2.75) is 27.7 Å². The molecule has 0 atom stereocenters. The molecule has 0 spiro atoms. The van der Waals surface area contributed by atoms with E-state index in [0.29, 0.717) is 5.56 Å². The number of carbonyl (C=O) groups excluding carboxylic acids is 1. The second-order valence-electron chi connectivity index (χ2n) is 4.70. The van der Waals surface area contributed by atoms with Gasteiger partial charge in [-0.25, -0.2) is 9.79 Å². The van der Waals surface area contributed by atoms with E-state index in [0.717, 1.165) is 23.4 Å². The van der Waals surface area contributed by atoms with Crippen LogP contribution in [0.15, 0.2) is 17.1 Å². The van der Waals surface area contributed by atoms with Crippen LogP contribution in [0.5, 0.6) is 0 Å². The van der Waals surface area contributed by atoms with Gasteiger partial charge in [-0.1, -0.05) is 5.92 Å². The van der Waals surface area contributed by atoms with Crippen LogP contribution in [0.4, 0.5) is 5.69 Å². The van der Waals surface area contributed by atoms with E-state index < -0.39 is 0 Å². The van der Waals surface area contributed by atoms with Crippen molar-refractivity contribution in [3.8, 4) is 11.8 Å². The number of rotatable bonds is 5. The molecule has 0 bridgehead atoms. The Labute approximate surface area is 126 Å². The lowest BCUT2D eigenvalue weighted by atomic mass is 10.0. The van der Waals surface area contributed by atoms with Crippen LogP contribution in [-0.4, -0.2) is 37.4 Å². The predicted octanol–water partition coefficient (Wildman–Crippen LogP) is 3.10. The van der Waals surface area contributed by atoms with Crippen LogP contribution in [0, 0.1) is 25.7 Å². The molecular weight excluding hydrogens is 264 g/mol. The predicted molar refractivity (Wildman–Crippen MR) is 86.1 cm³/mol. The molecule has 0 aliphatic carbocycles. The number of hydrogen-bond donors (Lipinski definition) is 0. The highest BCUT2D eigenvalue weighted by molar-refractivity contribution is 5.92. The van der Waals surface area contributed by atoms with Gasteiger partial charge in [0.1, 0.15) is 0 Å². The maximum absolute atomic E-state index is 12.0. The maximum atomic E-state index is 12.0. The van der Waals surface area contributed by atoms with Crippen LogP contribution in [-0.2, 0) is 4.74 Å². The van der Waals surface area contributed by atoms with Gasteiger partial charge in [0.15, 0.2) is 6.61 Å². The Morgan fingerprint density at radius 1 is 1.38 bits per heavy atom. The van der Waals surface area contributed by atoms with Crippen LogP contribution in [0.2, 0.25) is 0 Å². The third kappa shape index (κ3) is 4.64. The summed E-state index contributed by atoms with van der Waals surface area (Å²) in [5.41, 5.74) is 3.29. The van der Waals surface area contributed by atoms with E-state index in [4.69, 9.17) is 4.74 Å². The lowest BCUT2D eigenvalue weighted by Gasteiger charge is -2.12. The molecule has 0 unspecified atom stereocenters. The summed E-state index contributed by atoms with van der Waals surface area (Å²) >= 11 is 0. The molecule has 0 fully saturated rings. The second-order valence-corrected chi connectivity index (χ2v) is 4.70. The summed E-state index contributed by atoms with van der Waals surface area (Å²) in [6, 6.07) is 3.59. The Hall–Kier alpha value is -2.28. The Morgan fingerprint density at radius 3 is 2.71 bits per heavy atom. The number of ether oxygens (including phenoxy) is 1. The summed E-state index contributed by atoms with van der Waals surface area (Å²) in [6.45, 7) is 8.64. The minimum atomic E-state index is -0.348. The fraction of sp³-hybridized carbons (Fsp3) is 0.412. The minimum Gasteiger partial charge on any atom is -0.449 e. The molecule has 4 heteroatoms. The maximum Gasteiger partial charge on any atom is 0.339 e. The van der Waals surface area contributed by atoms with Crippen molar-refractivity contribution in [3.05, 3.63) is 28.8 Å². The number of benzene rings is 1. The molecule has 0 N–H and O–H groups in total. The molecule has 0 aliphatic heterocycles. The van der Waals surface area contributed by atoms with Crippen LogP contribution < -0.4 is 0 Å². The number of aliphatic imine (C=N–C) groups is 1. The highest BCUT2D eigenvalue weighted by Gasteiger charge is 2.13. The molecule has 1 rings (SSSR count). The normalized spacial score (nSPS) is 10.1. The molecule has 0 aromatic heterocycles. The van der Waals surface area contributed by atoms with Gasteiger partial charge in [-0.3, -0.25) is 0 Å². The molecule has 0 saturated heterocycles. The average Bonchev–Trinajstić information content (AvgIpc) is 2.48. The lowest BCUT2D eigenvalue weighted by molar-refractivity contribution is 0.0555. The van der Waals surface area contributed by atoms with Crippen molar-refractivity contribution in [2.24, 2.45) is 4.99 Å². The SMILES string of the molecule is CC#CCOC(=O)c1ccc(N=CN(C)CC)c(C)c1C. The minimum absolute atomic E-state index is 0.120. The third-order valence-electron chi connectivity index (χ3n) is 3.32. The Balaban J connectivity index is 2.96. The van der Waals surface area contributed by atoms with Crippen LogP contribution in [0.3, 0.4) is 0 Å². The molecule has 4 nitrogen and oxygen atoms in total. The number of nitrogens with zero attached hydrogens (tertiary/aromatic N) is 2. The molecule has 1 aromatic rings. The Kier molecular flexibility index (Phi) is 6.48. The molecule has 0 amide bonds. The summed E-state index contributed by atoms with van der Waals surface area (Å²) in [5, 5.41) is 0. The van der Waals surface area contributed by atoms with E-state index in [9.17, 15) is 4.79 Å². The number of esters is 1. The first-order valence-corrected chi connectivity index (χ1v) is 6.92. The first-order chi connectivity index (χ1) is 10.0. The highest BCUT2D eigenvalue weighted by Crippen LogP contribution is 2.25. The van der Waals surface area contributed by atoms with Gasteiger partial charge in [0.05, 0.1) is 17.6 Å². The third-order valence-corrected chi connectivity index (χ3v) is 3.32. The number of carbonyl (C=O) groups is 1. The molecule has 112 valence electrons. The molecule has 0 saturated carbocycles. The van der Waals surface area contributed by atoms with E-state index >= 15 is 0 Å². The average molecular weight is 286 g/mol. The van der Waals surface area contributed by atoms with Gasteiger partial charge < -0.3 is 9.64 Å². The van der Waals surface area contributed by atoms with Gasteiger partial charge in [-0.05, 0) is 51.0 Å². The van der Waals surface area contributed by atoms with Gasteiger partial charge in [-0.2, -0.15) is 0 Å². The molecule has 0 radical (unpaired) electrons. The van der Waals surface area contributed by atoms with Crippen molar-refractivity contribution in [1.29, 1.82) is 0 Å². The Bertz CT molecular complexity index is 595. The van der Waals surface area contributed by atoms with E-state index in [2.05, 4.69) is 23.8 Å². The van der Waals surface area contributed by atoms with E-state index in [1.54, 1.807) is 19.3 Å². The van der Waals surface area contributed by atoms with Crippen molar-refractivity contribution in [3.63, 3.8) is 0 Å². The molecule has 1 aromatic carbocycles. The fourth-order valence-electron chi connectivity index (χ4n) is 1.66. The zero-order valence-corrected chi connectivity index (χ0v) is 13.4. The van der Waals surface area contributed by atoms with Crippen molar-refractivity contribution in [1.82, 2.24) is 4.90 Å². The first-order valence-electron chi connectivity index (χ1n) is 6.92. The molecular formula is C17H22N2O2. The zero-order chi connectivity index (χ0) is 15.8. The summed E-state index contributed by atoms with van der Waals surface area (Å²) < 4.78 is 5.10.